The number of fused-ring (bicyclic) bond motifs is 1. The summed E-state index contributed by atoms with van der Waals surface area (Å²) in [5, 5.41) is 10.2. The van der Waals surface area contributed by atoms with Crippen molar-refractivity contribution in [2.45, 2.75) is 6.42 Å². The van der Waals surface area contributed by atoms with Crippen LogP contribution < -0.4 is 26.6 Å². The van der Waals surface area contributed by atoms with Crippen LogP contribution in [0, 0.1) is 0 Å². The molecule has 0 atom stereocenters. The van der Waals surface area contributed by atoms with Gasteiger partial charge in [-0.05, 0) is 36.2 Å². The first-order chi connectivity index (χ1) is 14.2. The largest absolute Gasteiger partial charge is 0.397 e. The molecule has 1 saturated heterocycles. The number of nitrogen functional groups attached to an aromatic ring is 1. The van der Waals surface area contributed by atoms with Crippen molar-refractivity contribution in [1.29, 1.82) is 0 Å². The topological polar surface area (TPSA) is 95.3 Å². The Morgan fingerprint density at radius 1 is 1.21 bits per heavy atom. The van der Waals surface area contributed by atoms with E-state index in [1.807, 2.05) is 19.2 Å². The SMILES string of the molecule is CNc1ccc2c(N)c(C(=O)NCCc3ccc(N4CCNCC4)cc3)sc2n1. The maximum absolute atomic E-state index is 12.6. The summed E-state index contributed by atoms with van der Waals surface area (Å²) >= 11 is 1.33. The number of nitrogens with one attached hydrogen (secondary N) is 3. The minimum Gasteiger partial charge on any atom is -0.397 e. The lowest BCUT2D eigenvalue weighted by Crippen LogP contribution is -2.43. The van der Waals surface area contributed by atoms with E-state index in [0.717, 1.165) is 48.6 Å². The number of rotatable bonds is 6. The normalized spacial score (nSPS) is 14.2. The number of carbonyl (C=O) groups excluding carboxylic acids is 1. The Hall–Kier alpha value is -2.84. The first-order valence-corrected chi connectivity index (χ1v) is 10.7. The van der Waals surface area contributed by atoms with Crippen LogP contribution in [0.15, 0.2) is 36.4 Å². The van der Waals surface area contributed by atoms with Crippen LogP contribution in [0.4, 0.5) is 17.2 Å². The molecular formula is C21H26N6OS. The molecule has 29 heavy (non-hydrogen) atoms. The summed E-state index contributed by atoms with van der Waals surface area (Å²) in [4.78, 5) is 20.8. The monoisotopic (exact) mass is 410 g/mol. The molecule has 3 aromatic rings. The Morgan fingerprint density at radius 2 is 1.97 bits per heavy atom. The van der Waals surface area contributed by atoms with Crippen molar-refractivity contribution in [3.05, 3.63) is 46.8 Å². The summed E-state index contributed by atoms with van der Waals surface area (Å²) in [5.41, 5.74) is 9.14. The predicted octanol–water partition coefficient (Wildman–Crippen LogP) is 2.30. The summed E-state index contributed by atoms with van der Waals surface area (Å²) in [7, 11) is 1.81. The van der Waals surface area contributed by atoms with Crippen molar-refractivity contribution in [3.8, 4) is 0 Å². The molecule has 152 valence electrons. The fraction of sp³-hybridized carbons (Fsp3) is 0.333. The zero-order valence-corrected chi connectivity index (χ0v) is 17.3. The lowest BCUT2D eigenvalue weighted by atomic mass is 10.1. The number of hydrogen-bond donors (Lipinski definition) is 4. The third kappa shape index (κ3) is 4.28. The highest BCUT2D eigenvalue weighted by atomic mass is 32.1. The van der Waals surface area contributed by atoms with Gasteiger partial charge in [-0.1, -0.05) is 12.1 Å². The molecule has 0 bridgehead atoms. The Kier molecular flexibility index (Phi) is 5.82. The summed E-state index contributed by atoms with van der Waals surface area (Å²) < 4.78 is 0. The van der Waals surface area contributed by atoms with Gasteiger partial charge in [-0.15, -0.1) is 11.3 Å². The Balaban J connectivity index is 1.35. The summed E-state index contributed by atoms with van der Waals surface area (Å²) in [6.45, 7) is 4.70. The summed E-state index contributed by atoms with van der Waals surface area (Å²) in [6.07, 6.45) is 0.778. The predicted molar refractivity (Wildman–Crippen MR) is 121 cm³/mol. The van der Waals surface area contributed by atoms with Gasteiger partial charge in [-0.25, -0.2) is 4.98 Å². The van der Waals surface area contributed by atoms with Crippen LogP contribution in [0.5, 0.6) is 0 Å². The van der Waals surface area contributed by atoms with Crippen LogP contribution in [0.1, 0.15) is 15.2 Å². The number of nitrogens with two attached hydrogens (primary N) is 1. The van der Waals surface area contributed by atoms with Crippen molar-refractivity contribution in [1.82, 2.24) is 15.6 Å². The van der Waals surface area contributed by atoms with Crippen LogP contribution in [0.2, 0.25) is 0 Å². The molecular weight excluding hydrogens is 384 g/mol. The maximum atomic E-state index is 12.6. The second-order valence-electron chi connectivity index (χ2n) is 7.05. The molecule has 1 fully saturated rings. The van der Waals surface area contributed by atoms with E-state index in [4.69, 9.17) is 5.73 Å². The minimum atomic E-state index is -0.144. The van der Waals surface area contributed by atoms with E-state index in [9.17, 15) is 4.79 Å². The molecule has 0 unspecified atom stereocenters. The molecule has 1 aliphatic rings. The molecule has 3 heterocycles. The quantitative estimate of drug-likeness (QED) is 0.498. The first kappa shape index (κ1) is 19.5. The number of hydrogen-bond acceptors (Lipinski definition) is 7. The number of benzene rings is 1. The fourth-order valence-electron chi connectivity index (χ4n) is 3.50. The van der Waals surface area contributed by atoms with Crippen LogP contribution in [-0.4, -0.2) is 50.7 Å². The number of amides is 1. The molecule has 1 amide bonds. The lowest BCUT2D eigenvalue weighted by molar-refractivity contribution is 0.0959. The van der Waals surface area contributed by atoms with Gasteiger partial charge in [0.05, 0.1) is 5.69 Å². The van der Waals surface area contributed by atoms with Gasteiger partial charge in [0.15, 0.2) is 0 Å². The lowest BCUT2D eigenvalue weighted by Gasteiger charge is -2.29. The van der Waals surface area contributed by atoms with E-state index in [2.05, 4.69) is 50.1 Å². The molecule has 5 N–H and O–H groups in total. The average molecular weight is 411 g/mol. The Labute approximate surface area is 174 Å². The van der Waals surface area contributed by atoms with Gasteiger partial charge >= 0.3 is 0 Å². The summed E-state index contributed by atoms with van der Waals surface area (Å²) in [5.74, 6) is 0.615. The number of anilines is 3. The second-order valence-corrected chi connectivity index (χ2v) is 8.05. The number of carbonyl (C=O) groups is 1. The maximum Gasteiger partial charge on any atom is 0.263 e. The second kappa shape index (κ2) is 8.67. The minimum absolute atomic E-state index is 0.144. The third-order valence-corrected chi connectivity index (χ3v) is 6.29. The first-order valence-electron chi connectivity index (χ1n) is 9.85. The molecule has 8 heteroatoms. The van der Waals surface area contributed by atoms with Crippen molar-refractivity contribution >= 4 is 44.7 Å². The van der Waals surface area contributed by atoms with Gasteiger partial charge in [0.2, 0.25) is 0 Å². The fourth-order valence-corrected chi connectivity index (χ4v) is 4.51. The van der Waals surface area contributed by atoms with E-state index in [1.54, 1.807) is 0 Å². The van der Waals surface area contributed by atoms with E-state index in [-0.39, 0.29) is 5.91 Å². The van der Waals surface area contributed by atoms with Crippen molar-refractivity contribution < 1.29 is 4.79 Å². The zero-order chi connectivity index (χ0) is 20.2. The van der Waals surface area contributed by atoms with Crippen molar-refractivity contribution in [3.63, 3.8) is 0 Å². The molecule has 2 aromatic heterocycles. The number of thiophene rings is 1. The molecule has 0 radical (unpaired) electrons. The highest BCUT2D eigenvalue weighted by Crippen LogP contribution is 2.33. The van der Waals surface area contributed by atoms with Crippen molar-refractivity contribution in [2.75, 3.05) is 55.7 Å². The molecule has 0 aliphatic carbocycles. The standard InChI is InChI=1S/C21H26N6OS/c1-23-17-7-6-16-18(22)19(29-21(16)26-17)20(28)25-9-8-14-2-4-15(5-3-14)27-12-10-24-11-13-27/h2-7,24H,8-13,22H2,1H3,(H,23,26)(H,25,28). The molecule has 0 spiro atoms. The van der Waals surface area contributed by atoms with Gasteiger partial charge in [0.1, 0.15) is 15.5 Å². The van der Waals surface area contributed by atoms with Gasteiger partial charge in [0, 0.05) is 50.8 Å². The van der Waals surface area contributed by atoms with Crippen LogP contribution >= 0.6 is 11.3 Å². The van der Waals surface area contributed by atoms with E-state index >= 15 is 0 Å². The smallest absolute Gasteiger partial charge is 0.263 e. The number of nitrogens with zero attached hydrogens (tertiary/aromatic N) is 2. The molecule has 1 aromatic carbocycles. The number of pyridine rings is 1. The highest BCUT2D eigenvalue weighted by molar-refractivity contribution is 7.21. The number of aromatic nitrogens is 1. The molecule has 4 rings (SSSR count). The molecule has 0 saturated carbocycles. The molecule has 1 aliphatic heterocycles. The van der Waals surface area contributed by atoms with Crippen LogP contribution in [0.3, 0.4) is 0 Å². The number of piperazine rings is 1. The zero-order valence-electron chi connectivity index (χ0n) is 16.5. The van der Waals surface area contributed by atoms with Crippen LogP contribution in [-0.2, 0) is 6.42 Å². The third-order valence-electron chi connectivity index (χ3n) is 5.17. The Bertz CT molecular complexity index is 994. The molecule has 7 nitrogen and oxygen atoms in total. The Morgan fingerprint density at radius 3 is 2.69 bits per heavy atom. The van der Waals surface area contributed by atoms with E-state index < -0.39 is 0 Å². The van der Waals surface area contributed by atoms with E-state index in [0.29, 0.717) is 17.1 Å². The van der Waals surface area contributed by atoms with E-state index in [1.165, 1.54) is 22.6 Å². The average Bonchev–Trinajstić information content (AvgIpc) is 3.10. The highest BCUT2D eigenvalue weighted by Gasteiger charge is 2.17. The van der Waals surface area contributed by atoms with Crippen LogP contribution in [0.25, 0.3) is 10.2 Å². The van der Waals surface area contributed by atoms with Crippen molar-refractivity contribution in [2.24, 2.45) is 0 Å². The summed E-state index contributed by atoms with van der Waals surface area (Å²) in [6, 6.07) is 12.4. The van der Waals surface area contributed by atoms with Gasteiger partial charge < -0.3 is 26.6 Å². The van der Waals surface area contributed by atoms with Gasteiger partial charge in [-0.2, -0.15) is 0 Å². The van der Waals surface area contributed by atoms with Gasteiger partial charge in [-0.3, -0.25) is 4.79 Å². The van der Waals surface area contributed by atoms with Gasteiger partial charge in [0.25, 0.3) is 5.91 Å².